The monoisotopic (exact) mass is 274 g/mol. The van der Waals surface area contributed by atoms with E-state index in [9.17, 15) is 9.59 Å². The van der Waals surface area contributed by atoms with Crippen molar-refractivity contribution >= 4 is 23.0 Å². The average molecular weight is 274 g/mol. The Labute approximate surface area is 115 Å². The van der Waals surface area contributed by atoms with E-state index < -0.39 is 0 Å². The number of ketones is 1. The molecule has 0 atom stereocenters. The van der Waals surface area contributed by atoms with Gasteiger partial charge in [-0.25, -0.2) is 4.98 Å². The van der Waals surface area contributed by atoms with E-state index in [1.807, 2.05) is 29.6 Å². The van der Waals surface area contributed by atoms with E-state index in [1.54, 1.807) is 17.5 Å². The van der Waals surface area contributed by atoms with Gasteiger partial charge in [-0.05, 0) is 12.5 Å². The number of amides is 1. The molecule has 0 radical (unpaired) electrons. The molecule has 0 saturated carbocycles. The Balaban J connectivity index is 2.09. The maximum Gasteiger partial charge on any atom is 0.227 e. The van der Waals surface area contributed by atoms with Crippen molar-refractivity contribution in [2.45, 2.75) is 19.9 Å². The van der Waals surface area contributed by atoms with Crippen molar-refractivity contribution in [1.29, 1.82) is 0 Å². The molecular weight excluding hydrogens is 260 g/mol. The fourth-order valence-corrected chi connectivity index (χ4v) is 2.42. The summed E-state index contributed by atoms with van der Waals surface area (Å²) >= 11 is 1.56. The summed E-state index contributed by atoms with van der Waals surface area (Å²) in [5.74, 6) is -0.382. The quantitative estimate of drug-likeness (QED) is 0.852. The second kappa shape index (κ2) is 6.24. The maximum absolute atomic E-state index is 11.5. The Morgan fingerprint density at radius 1 is 1.32 bits per heavy atom. The van der Waals surface area contributed by atoms with Crippen LogP contribution in [0.1, 0.15) is 18.9 Å². The van der Waals surface area contributed by atoms with Gasteiger partial charge in [-0.3, -0.25) is 9.59 Å². The van der Waals surface area contributed by atoms with Gasteiger partial charge in [0.1, 0.15) is 10.8 Å². The minimum atomic E-state index is -0.249. The number of carbonyl (C=O) groups excluding carboxylic acids is 2. The molecule has 98 valence electrons. The standard InChI is InChI=1S/C14H14N2O2S/c1-10(17)8-13(18)16-9-11-4-2-3-5-12(11)14-15-6-7-19-14/h2-7H,8-9H2,1H3,(H,16,18). The summed E-state index contributed by atoms with van der Waals surface area (Å²) in [6, 6.07) is 7.79. The first-order chi connectivity index (χ1) is 9.16. The third-order valence-electron chi connectivity index (χ3n) is 2.57. The molecule has 0 saturated heterocycles. The number of Topliss-reactive ketones (excluding diaryl/α,β-unsaturated/α-hetero) is 1. The van der Waals surface area contributed by atoms with Crippen LogP contribution in [0.5, 0.6) is 0 Å². The van der Waals surface area contributed by atoms with Crippen LogP contribution in [0.2, 0.25) is 0 Å². The van der Waals surface area contributed by atoms with Gasteiger partial charge < -0.3 is 5.32 Å². The van der Waals surface area contributed by atoms with Crippen LogP contribution in [0.25, 0.3) is 10.6 Å². The molecule has 0 bridgehead atoms. The average Bonchev–Trinajstić information content (AvgIpc) is 2.89. The summed E-state index contributed by atoms with van der Waals surface area (Å²) in [6.45, 7) is 1.81. The summed E-state index contributed by atoms with van der Waals surface area (Å²) in [4.78, 5) is 26.6. The Hall–Kier alpha value is -2.01. The molecule has 5 heteroatoms. The number of thiazole rings is 1. The second-order valence-corrected chi connectivity index (χ2v) is 5.04. The molecule has 1 heterocycles. The number of aromatic nitrogens is 1. The van der Waals surface area contributed by atoms with Gasteiger partial charge in [-0.2, -0.15) is 0 Å². The summed E-state index contributed by atoms with van der Waals surface area (Å²) in [5.41, 5.74) is 2.01. The van der Waals surface area contributed by atoms with Gasteiger partial charge in [0.15, 0.2) is 0 Å². The van der Waals surface area contributed by atoms with Crippen molar-refractivity contribution in [3.63, 3.8) is 0 Å². The van der Waals surface area contributed by atoms with Gasteiger partial charge in [-0.1, -0.05) is 24.3 Å². The zero-order chi connectivity index (χ0) is 13.7. The van der Waals surface area contributed by atoms with Gasteiger partial charge in [-0.15, -0.1) is 11.3 Å². The highest BCUT2D eigenvalue weighted by molar-refractivity contribution is 7.13. The van der Waals surface area contributed by atoms with E-state index in [1.165, 1.54) is 6.92 Å². The highest BCUT2D eigenvalue weighted by Gasteiger charge is 2.09. The highest BCUT2D eigenvalue weighted by atomic mass is 32.1. The fourth-order valence-electron chi connectivity index (χ4n) is 1.72. The largest absolute Gasteiger partial charge is 0.352 e. The molecule has 1 N–H and O–H groups in total. The van der Waals surface area contributed by atoms with Gasteiger partial charge >= 0.3 is 0 Å². The van der Waals surface area contributed by atoms with Crippen LogP contribution in [0.15, 0.2) is 35.8 Å². The fraction of sp³-hybridized carbons (Fsp3) is 0.214. The summed E-state index contributed by atoms with van der Waals surface area (Å²) in [5, 5.41) is 5.59. The predicted octanol–water partition coefficient (Wildman–Crippen LogP) is 2.41. The molecule has 0 aliphatic rings. The third-order valence-corrected chi connectivity index (χ3v) is 3.37. The smallest absolute Gasteiger partial charge is 0.227 e. The van der Waals surface area contributed by atoms with Crippen LogP contribution in [0.4, 0.5) is 0 Å². The lowest BCUT2D eigenvalue weighted by Crippen LogP contribution is -2.24. The van der Waals surface area contributed by atoms with E-state index in [4.69, 9.17) is 0 Å². The summed E-state index contributed by atoms with van der Waals surface area (Å²) in [7, 11) is 0. The zero-order valence-electron chi connectivity index (χ0n) is 10.6. The van der Waals surface area contributed by atoms with Crippen molar-refractivity contribution in [2.75, 3.05) is 0 Å². The number of hydrogen-bond acceptors (Lipinski definition) is 4. The Morgan fingerprint density at radius 2 is 2.11 bits per heavy atom. The number of benzene rings is 1. The van der Waals surface area contributed by atoms with E-state index in [0.717, 1.165) is 16.1 Å². The lowest BCUT2D eigenvalue weighted by atomic mass is 10.1. The molecule has 1 amide bonds. The lowest BCUT2D eigenvalue weighted by Gasteiger charge is -2.08. The first kappa shape index (κ1) is 13.4. The Morgan fingerprint density at radius 3 is 2.79 bits per heavy atom. The molecule has 0 fully saturated rings. The molecule has 0 aliphatic heterocycles. The molecule has 19 heavy (non-hydrogen) atoms. The normalized spacial score (nSPS) is 10.2. The maximum atomic E-state index is 11.5. The number of hydrogen-bond donors (Lipinski definition) is 1. The Bertz CT molecular complexity index is 579. The van der Waals surface area contributed by atoms with E-state index >= 15 is 0 Å². The number of nitrogens with one attached hydrogen (secondary N) is 1. The molecular formula is C14H14N2O2S. The zero-order valence-corrected chi connectivity index (χ0v) is 11.4. The molecule has 2 aromatic rings. The topological polar surface area (TPSA) is 59.1 Å². The van der Waals surface area contributed by atoms with Crippen molar-refractivity contribution in [3.8, 4) is 10.6 Å². The first-order valence-corrected chi connectivity index (χ1v) is 6.78. The molecule has 2 rings (SSSR count). The summed E-state index contributed by atoms with van der Waals surface area (Å²) < 4.78 is 0. The van der Waals surface area contributed by atoms with Gasteiger partial charge in [0.2, 0.25) is 5.91 Å². The molecule has 0 unspecified atom stereocenters. The van der Waals surface area contributed by atoms with Crippen LogP contribution >= 0.6 is 11.3 Å². The molecule has 0 aliphatic carbocycles. The van der Waals surface area contributed by atoms with Crippen molar-refractivity contribution in [1.82, 2.24) is 10.3 Å². The van der Waals surface area contributed by atoms with Crippen LogP contribution in [0, 0.1) is 0 Å². The summed E-state index contributed by atoms with van der Waals surface area (Å²) in [6.07, 6.45) is 1.69. The molecule has 1 aromatic carbocycles. The van der Waals surface area contributed by atoms with E-state index in [-0.39, 0.29) is 18.1 Å². The highest BCUT2D eigenvalue weighted by Crippen LogP contribution is 2.25. The molecule has 0 spiro atoms. The molecule has 4 nitrogen and oxygen atoms in total. The number of rotatable bonds is 5. The van der Waals surface area contributed by atoms with E-state index in [0.29, 0.717) is 6.54 Å². The van der Waals surface area contributed by atoms with Gasteiger partial charge in [0.05, 0.1) is 6.42 Å². The predicted molar refractivity (Wildman–Crippen MR) is 74.7 cm³/mol. The second-order valence-electron chi connectivity index (χ2n) is 4.15. The van der Waals surface area contributed by atoms with Crippen molar-refractivity contribution in [2.24, 2.45) is 0 Å². The number of carbonyl (C=O) groups is 2. The minimum Gasteiger partial charge on any atom is -0.352 e. The van der Waals surface area contributed by atoms with Crippen molar-refractivity contribution < 1.29 is 9.59 Å². The number of nitrogens with zero attached hydrogens (tertiary/aromatic N) is 1. The van der Waals surface area contributed by atoms with E-state index in [2.05, 4.69) is 10.3 Å². The van der Waals surface area contributed by atoms with Crippen LogP contribution in [-0.2, 0) is 16.1 Å². The van der Waals surface area contributed by atoms with Gasteiger partial charge in [0.25, 0.3) is 0 Å². The van der Waals surface area contributed by atoms with Crippen molar-refractivity contribution in [3.05, 3.63) is 41.4 Å². The minimum absolute atomic E-state index is 0.0700. The lowest BCUT2D eigenvalue weighted by molar-refractivity contribution is -0.127. The van der Waals surface area contributed by atoms with Crippen LogP contribution < -0.4 is 5.32 Å². The van der Waals surface area contributed by atoms with Crippen LogP contribution in [0.3, 0.4) is 0 Å². The van der Waals surface area contributed by atoms with Gasteiger partial charge in [0, 0.05) is 23.7 Å². The first-order valence-electron chi connectivity index (χ1n) is 5.90. The third kappa shape index (κ3) is 3.72. The SMILES string of the molecule is CC(=O)CC(=O)NCc1ccccc1-c1nccs1. The van der Waals surface area contributed by atoms with Crippen LogP contribution in [-0.4, -0.2) is 16.7 Å². The molecule has 1 aromatic heterocycles. The Kier molecular flexibility index (Phi) is 4.41.